The van der Waals surface area contributed by atoms with Crippen LogP contribution in [0, 0.1) is 11.7 Å². The topological polar surface area (TPSA) is 118 Å². The van der Waals surface area contributed by atoms with Gasteiger partial charge >= 0.3 is 0 Å². The highest BCUT2D eigenvalue weighted by atomic mass is 19.1. The maximum atomic E-state index is 13.6. The lowest BCUT2D eigenvalue weighted by Gasteiger charge is -2.62. The molecule has 38 heavy (non-hydrogen) atoms. The number of primary amides is 1. The average Bonchev–Trinajstić information content (AvgIpc) is 3.22. The molecular formula is C30H28FN3O4. The smallest absolute Gasteiger partial charge is 0.255 e. The minimum Gasteiger partial charge on any atom is -0.455 e. The molecule has 7 rings (SSSR count). The van der Waals surface area contributed by atoms with E-state index in [-0.39, 0.29) is 17.9 Å². The van der Waals surface area contributed by atoms with Gasteiger partial charge in [0.15, 0.2) is 0 Å². The van der Waals surface area contributed by atoms with Crippen molar-refractivity contribution in [3.05, 3.63) is 83.2 Å². The number of carbonyl (C=O) groups is 2. The maximum Gasteiger partial charge on any atom is 0.255 e. The minimum absolute atomic E-state index is 0.0390. The zero-order valence-electron chi connectivity index (χ0n) is 20.9. The van der Waals surface area contributed by atoms with Gasteiger partial charge in [0.1, 0.15) is 23.4 Å². The molecule has 0 spiro atoms. The maximum absolute atomic E-state index is 13.6. The molecular weight excluding hydrogens is 485 g/mol. The van der Waals surface area contributed by atoms with Gasteiger partial charge in [-0.15, -0.1) is 0 Å². The standard InChI is InChI=1S/C30H28FN3O4/c1-33-29(37)26-23-12-22(18-3-2-4-19(9-18)28(36)34-30-13-16(14-30)15-30)20(11-25(32)35)10-24(23)38-27(26)17-5-7-21(31)8-6-17/h2-10,12,16,28,34,36H,11,13-15H2,1H3,(H2,32,35)(H,33,37). The summed E-state index contributed by atoms with van der Waals surface area (Å²) in [5.41, 5.74) is 9.70. The Bertz CT molecular complexity index is 1560. The summed E-state index contributed by atoms with van der Waals surface area (Å²) in [5, 5.41) is 17.5. The molecule has 2 bridgehead atoms. The van der Waals surface area contributed by atoms with Crippen LogP contribution in [0.5, 0.6) is 0 Å². The predicted octanol–water partition coefficient (Wildman–Crippen LogP) is 4.43. The van der Waals surface area contributed by atoms with E-state index >= 15 is 0 Å². The number of benzene rings is 3. The molecule has 3 saturated carbocycles. The molecule has 1 atom stereocenters. The summed E-state index contributed by atoms with van der Waals surface area (Å²) in [5.74, 6) is -0.183. The number of fused-ring (bicyclic) bond motifs is 1. The Morgan fingerprint density at radius 2 is 1.84 bits per heavy atom. The molecule has 4 aromatic rings. The first kappa shape index (κ1) is 24.3. The van der Waals surface area contributed by atoms with Crippen LogP contribution in [0.1, 0.15) is 47.0 Å². The number of amides is 2. The first-order valence-corrected chi connectivity index (χ1v) is 12.7. The van der Waals surface area contributed by atoms with Crippen LogP contribution in [0.25, 0.3) is 33.4 Å². The van der Waals surface area contributed by atoms with Crippen LogP contribution >= 0.6 is 0 Å². The molecule has 1 unspecified atom stereocenters. The highest BCUT2D eigenvalue weighted by Crippen LogP contribution is 2.57. The Hall–Kier alpha value is -4.01. The van der Waals surface area contributed by atoms with Crippen molar-refractivity contribution in [1.29, 1.82) is 0 Å². The number of furan rings is 1. The predicted molar refractivity (Wildman–Crippen MR) is 142 cm³/mol. The van der Waals surface area contributed by atoms with Gasteiger partial charge in [0.2, 0.25) is 5.91 Å². The van der Waals surface area contributed by atoms with Crippen molar-refractivity contribution in [3.8, 4) is 22.5 Å². The van der Waals surface area contributed by atoms with E-state index < -0.39 is 18.0 Å². The van der Waals surface area contributed by atoms with Gasteiger partial charge < -0.3 is 20.6 Å². The zero-order valence-corrected chi connectivity index (χ0v) is 20.9. The van der Waals surface area contributed by atoms with E-state index in [4.69, 9.17) is 10.2 Å². The van der Waals surface area contributed by atoms with E-state index in [0.717, 1.165) is 30.7 Å². The number of rotatable bonds is 8. The number of nitrogens with two attached hydrogens (primary N) is 1. The molecule has 3 aliphatic carbocycles. The second-order valence-corrected chi connectivity index (χ2v) is 10.5. The first-order chi connectivity index (χ1) is 18.2. The lowest BCUT2D eigenvalue weighted by molar-refractivity contribution is -0.117. The van der Waals surface area contributed by atoms with Crippen LogP contribution < -0.4 is 16.4 Å². The third kappa shape index (κ3) is 4.15. The molecule has 3 fully saturated rings. The zero-order chi connectivity index (χ0) is 26.6. The van der Waals surface area contributed by atoms with Crippen LogP contribution in [-0.2, 0) is 11.2 Å². The largest absolute Gasteiger partial charge is 0.455 e. The Kier molecular flexibility index (Phi) is 5.81. The van der Waals surface area contributed by atoms with E-state index in [1.54, 1.807) is 18.2 Å². The van der Waals surface area contributed by atoms with Gasteiger partial charge in [0.05, 0.1) is 12.0 Å². The number of aliphatic hydroxyl groups is 1. The molecule has 3 aliphatic rings. The fraction of sp³-hybridized carbons (Fsp3) is 0.267. The summed E-state index contributed by atoms with van der Waals surface area (Å²) >= 11 is 0. The van der Waals surface area contributed by atoms with E-state index in [9.17, 15) is 19.1 Å². The molecule has 1 heterocycles. The molecule has 7 nitrogen and oxygen atoms in total. The van der Waals surface area contributed by atoms with Crippen LogP contribution in [0.15, 0.2) is 65.1 Å². The van der Waals surface area contributed by atoms with E-state index in [1.807, 2.05) is 30.3 Å². The number of carbonyl (C=O) groups excluding carboxylic acids is 2. The molecule has 3 aromatic carbocycles. The van der Waals surface area contributed by atoms with Crippen molar-refractivity contribution >= 4 is 22.8 Å². The van der Waals surface area contributed by atoms with Crippen molar-refractivity contribution < 1.29 is 23.5 Å². The molecule has 2 amide bonds. The van der Waals surface area contributed by atoms with Gasteiger partial charge in [0.25, 0.3) is 5.91 Å². The number of aliphatic hydroxyl groups excluding tert-OH is 1. The Balaban J connectivity index is 1.48. The number of nitrogens with one attached hydrogen (secondary N) is 2. The average molecular weight is 514 g/mol. The lowest BCUT2D eigenvalue weighted by Crippen LogP contribution is -2.67. The second kappa shape index (κ2) is 9.08. The molecule has 8 heteroatoms. The van der Waals surface area contributed by atoms with Crippen LogP contribution in [-0.4, -0.2) is 29.5 Å². The molecule has 0 saturated heterocycles. The van der Waals surface area contributed by atoms with Crippen molar-refractivity contribution in [3.63, 3.8) is 0 Å². The number of halogens is 1. The third-order valence-corrected chi connectivity index (χ3v) is 7.83. The fourth-order valence-corrected chi connectivity index (χ4v) is 5.85. The van der Waals surface area contributed by atoms with Gasteiger partial charge in [-0.3, -0.25) is 14.9 Å². The third-order valence-electron chi connectivity index (χ3n) is 7.83. The minimum atomic E-state index is -0.819. The number of hydrogen-bond donors (Lipinski definition) is 4. The van der Waals surface area contributed by atoms with Crippen molar-refractivity contribution in [2.45, 2.75) is 37.5 Å². The molecule has 0 radical (unpaired) electrons. The van der Waals surface area contributed by atoms with Crippen molar-refractivity contribution in [2.24, 2.45) is 11.7 Å². The Morgan fingerprint density at radius 1 is 1.11 bits per heavy atom. The highest BCUT2D eigenvalue weighted by molar-refractivity contribution is 6.12. The fourth-order valence-electron chi connectivity index (χ4n) is 5.85. The summed E-state index contributed by atoms with van der Waals surface area (Å²) in [6.07, 6.45) is 2.44. The van der Waals surface area contributed by atoms with E-state index in [2.05, 4.69) is 10.6 Å². The SMILES string of the molecule is CNC(=O)c1c(-c2ccc(F)cc2)oc2cc(CC(N)=O)c(-c3cccc(C(O)NC45CC(C4)C5)c3)cc12. The van der Waals surface area contributed by atoms with E-state index in [0.29, 0.717) is 44.5 Å². The Morgan fingerprint density at radius 3 is 2.47 bits per heavy atom. The highest BCUT2D eigenvalue weighted by Gasteiger charge is 2.57. The van der Waals surface area contributed by atoms with Crippen LogP contribution in [0.3, 0.4) is 0 Å². The van der Waals surface area contributed by atoms with Gasteiger partial charge in [-0.2, -0.15) is 0 Å². The van der Waals surface area contributed by atoms with E-state index in [1.165, 1.54) is 19.2 Å². The van der Waals surface area contributed by atoms with Crippen LogP contribution in [0.4, 0.5) is 4.39 Å². The normalized spacial score (nSPS) is 20.4. The first-order valence-electron chi connectivity index (χ1n) is 12.7. The monoisotopic (exact) mass is 513 g/mol. The number of hydrogen-bond acceptors (Lipinski definition) is 5. The van der Waals surface area contributed by atoms with Gasteiger partial charge in [-0.1, -0.05) is 18.2 Å². The Labute approximate surface area is 218 Å². The van der Waals surface area contributed by atoms with Gasteiger partial charge in [-0.05, 0) is 89.9 Å². The summed E-state index contributed by atoms with van der Waals surface area (Å²) in [6.45, 7) is 0. The van der Waals surface area contributed by atoms with Gasteiger partial charge in [-0.25, -0.2) is 4.39 Å². The van der Waals surface area contributed by atoms with Crippen LogP contribution in [0.2, 0.25) is 0 Å². The lowest BCUT2D eigenvalue weighted by atomic mass is 9.50. The molecule has 1 aromatic heterocycles. The molecule has 0 aliphatic heterocycles. The van der Waals surface area contributed by atoms with Gasteiger partial charge in [0, 0.05) is 23.5 Å². The molecule has 5 N–H and O–H groups in total. The molecule has 194 valence electrons. The van der Waals surface area contributed by atoms with Crippen molar-refractivity contribution in [2.75, 3.05) is 7.05 Å². The summed E-state index contributed by atoms with van der Waals surface area (Å²) in [6, 6.07) is 16.7. The summed E-state index contributed by atoms with van der Waals surface area (Å²) in [4.78, 5) is 25.0. The summed E-state index contributed by atoms with van der Waals surface area (Å²) < 4.78 is 19.7. The quantitative estimate of drug-likeness (QED) is 0.260. The second-order valence-electron chi connectivity index (χ2n) is 10.5. The summed E-state index contributed by atoms with van der Waals surface area (Å²) in [7, 11) is 1.53. The van der Waals surface area contributed by atoms with Crippen molar-refractivity contribution in [1.82, 2.24) is 10.6 Å².